The van der Waals surface area contributed by atoms with E-state index in [1.54, 1.807) is 0 Å². The van der Waals surface area contributed by atoms with Crippen LogP contribution in [0.2, 0.25) is 0 Å². The molecule has 3 fully saturated rings. The lowest BCUT2D eigenvalue weighted by atomic mass is 10.0. The first-order valence-corrected chi connectivity index (χ1v) is 9.52. The zero-order chi connectivity index (χ0) is 18.0. The summed E-state index contributed by atoms with van der Waals surface area (Å²) in [6, 6.07) is -2.10. The molecular weight excluding hydrogens is 358 g/mol. The van der Waals surface area contributed by atoms with E-state index in [-0.39, 0.29) is 19.3 Å². The van der Waals surface area contributed by atoms with Gasteiger partial charge in [0.2, 0.25) is 0 Å². The Balaban J connectivity index is 1.51. The van der Waals surface area contributed by atoms with E-state index in [1.165, 1.54) is 4.90 Å². The van der Waals surface area contributed by atoms with E-state index in [1.807, 2.05) is 0 Å². The van der Waals surface area contributed by atoms with Crippen molar-refractivity contribution >= 4 is 22.3 Å². The Morgan fingerprint density at radius 1 is 1.32 bits per heavy atom. The van der Waals surface area contributed by atoms with Crippen LogP contribution in [-0.4, -0.2) is 72.8 Å². The number of nitrogens with zero attached hydrogens (tertiary/aromatic N) is 2. The van der Waals surface area contributed by atoms with Gasteiger partial charge in [0, 0.05) is 13.2 Å². The minimum absolute atomic E-state index is 0.0585. The van der Waals surface area contributed by atoms with Crippen molar-refractivity contribution in [1.29, 1.82) is 0 Å². The number of carbonyl (C=O) groups excluding carboxylic acids is 2. The van der Waals surface area contributed by atoms with Crippen LogP contribution in [0.3, 0.4) is 0 Å². The molecule has 2 N–H and O–H groups in total. The predicted octanol–water partition coefficient (Wildman–Crippen LogP) is -0.394. The van der Waals surface area contributed by atoms with Crippen molar-refractivity contribution in [3.63, 3.8) is 0 Å². The molecule has 3 heterocycles. The Kier molecular flexibility index (Phi) is 5.43. The summed E-state index contributed by atoms with van der Waals surface area (Å²) in [5, 5.41) is 0.597. The molecule has 0 saturated carbocycles. The molecule has 0 aromatic heterocycles. The van der Waals surface area contributed by atoms with Crippen molar-refractivity contribution in [1.82, 2.24) is 15.4 Å². The van der Waals surface area contributed by atoms with Crippen molar-refractivity contribution < 1.29 is 36.4 Å². The fourth-order valence-electron chi connectivity index (χ4n) is 3.32. The molecule has 0 aromatic rings. The zero-order valence-corrected chi connectivity index (χ0v) is 14.3. The van der Waals surface area contributed by atoms with Gasteiger partial charge in [0.25, 0.3) is 5.91 Å². The third-order valence-corrected chi connectivity index (χ3v) is 4.86. The summed E-state index contributed by atoms with van der Waals surface area (Å²) in [5.41, 5.74) is 2.33. The van der Waals surface area contributed by atoms with Crippen molar-refractivity contribution in [2.45, 2.75) is 50.3 Å². The highest BCUT2D eigenvalue weighted by molar-refractivity contribution is 7.80. The zero-order valence-electron chi connectivity index (χ0n) is 13.5. The smallest absolute Gasteiger partial charge is 0.376 e. The number of piperidine rings is 1. The van der Waals surface area contributed by atoms with Gasteiger partial charge < -0.3 is 9.64 Å². The van der Waals surface area contributed by atoms with Crippen LogP contribution in [0.15, 0.2) is 0 Å². The lowest BCUT2D eigenvalue weighted by Crippen LogP contribution is -2.50. The lowest BCUT2D eigenvalue weighted by Gasteiger charge is -2.29. The number of urea groups is 1. The van der Waals surface area contributed by atoms with Crippen LogP contribution in [0.1, 0.15) is 32.1 Å². The summed E-state index contributed by atoms with van der Waals surface area (Å²) in [5.74, 6) is -0.490. The summed E-state index contributed by atoms with van der Waals surface area (Å²) in [4.78, 5) is 30.9. The van der Waals surface area contributed by atoms with E-state index in [9.17, 15) is 18.0 Å². The lowest BCUT2D eigenvalue weighted by molar-refractivity contribution is -0.143. The van der Waals surface area contributed by atoms with Gasteiger partial charge in [-0.25, -0.2) is 10.3 Å². The van der Waals surface area contributed by atoms with Gasteiger partial charge in [-0.1, -0.05) is 0 Å². The summed E-state index contributed by atoms with van der Waals surface area (Å²) < 4.78 is 40.2. The minimum Gasteiger partial charge on any atom is -0.376 e. The highest BCUT2D eigenvalue weighted by atomic mass is 32.3. The number of hydroxylamine groups is 3. The number of amides is 3. The Morgan fingerprint density at radius 2 is 2.12 bits per heavy atom. The predicted molar refractivity (Wildman–Crippen MR) is 81.1 cm³/mol. The first-order valence-electron chi connectivity index (χ1n) is 8.15. The average molecular weight is 379 g/mol. The topological polar surface area (TPSA) is 135 Å². The Hall–Kier alpha value is -1.47. The maximum absolute atomic E-state index is 12.3. The van der Waals surface area contributed by atoms with Crippen molar-refractivity contribution in [2.24, 2.45) is 0 Å². The number of rotatable bonds is 6. The van der Waals surface area contributed by atoms with Crippen LogP contribution in [0.4, 0.5) is 4.79 Å². The van der Waals surface area contributed by atoms with Gasteiger partial charge >= 0.3 is 16.4 Å². The maximum atomic E-state index is 12.3. The number of hydrogen-bond donors (Lipinski definition) is 2. The van der Waals surface area contributed by atoms with Crippen LogP contribution in [0.25, 0.3) is 0 Å². The molecule has 3 saturated heterocycles. The van der Waals surface area contributed by atoms with Gasteiger partial charge in [-0.2, -0.15) is 13.5 Å². The summed E-state index contributed by atoms with van der Waals surface area (Å²) in [6.45, 7) is 1.04. The third kappa shape index (κ3) is 4.39. The molecule has 0 radical (unpaired) electrons. The van der Waals surface area contributed by atoms with Crippen LogP contribution >= 0.6 is 0 Å². The molecule has 3 aliphatic heterocycles. The van der Waals surface area contributed by atoms with E-state index >= 15 is 0 Å². The van der Waals surface area contributed by atoms with Crippen LogP contribution in [0, 0.1) is 0 Å². The minimum atomic E-state index is -4.80. The second-order valence-electron chi connectivity index (χ2n) is 6.28. The molecule has 3 aliphatic rings. The molecule has 3 amide bonds. The quantitative estimate of drug-likeness (QED) is 0.470. The molecule has 0 aromatic carbocycles. The standard InChI is InChI=1S/C13H21N3O8S/c17-12(14-23-8-10-3-1-2-6-22-10)11-5-4-9-7-15(11)13(18)16(9)24-25(19,20)21/h9-11H,1-8H2,(H,14,17)(H,19,20,21)/t9-,10?,11+/m1/s1. The van der Waals surface area contributed by atoms with Crippen LogP contribution in [-0.2, 0) is 29.1 Å². The number of nitrogens with one attached hydrogen (secondary N) is 1. The monoisotopic (exact) mass is 379 g/mol. The first kappa shape index (κ1) is 18.3. The molecule has 2 bridgehead atoms. The average Bonchev–Trinajstić information content (AvgIpc) is 2.79. The first-order chi connectivity index (χ1) is 11.8. The van der Waals surface area contributed by atoms with Gasteiger partial charge in [0.15, 0.2) is 0 Å². The normalized spacial score (nSPS) is 29.8. The Morgan fingerprint density at radius 3 is 2.80 bits per heavy atom. The van der Waals surface area contributed by atoms with E-state index in [0.29, 0.717) is 24.5 Å². The van der Waals surface area contributed by atoms with E-state index < -0.39 is 34.4 Å². The van der Waals surface area contributed by atoms with Crippen molar-refractivity contribution in [3.8, 4) is 0 Å². The highest BCUT2D eigenvalue weighted by Gasteiger charge is 2.49. The summed E-state index contributed by atoms with van der Waals surface area (Å²) >= 11 is 0. The molecule has 0 spiro atoms. The Bertz CT molecular complexity index is 621. The molecule has 3 atom stereocenters. The molecule has 0 aliphatic carbocycles. The number of fused-ring (bicyclic) bond motifs is 2. The van der Waals surface area contributed by atoms with Crippen molar-refractivity contribution in [3.05, 3.63) is 0 Å². The SMILES string of the molecule is O=C(NOCC1CCCCO1)[C@@H]1CC[C@@H]2CN1C(=O)N2OS(=O)(=O)O. The number of ether oxygens (including phenoxy) is 1. The molecule has 12 heteroatoms. The summed E-state index contributed by atoms with van der Waals surface area (Å²) in [6.07, 6.45) is 3.58. The van der Waals surface area contributed by atoms with Crippen molar-refractivity contribution in [2.75, 3.05) is 19.8 Å². The van der Waals surface area contributed by atoms with Gasteiger partial charge in [-0.05, 0) is 32.1 Å². The van der Waals surface area contributed by atoms with Crippen LogP contribution < -0.4 is 5.48 Å². The molecule has 25 heavy (non-hydrogen) atoms. The molecule has 142 valence electrons. The fraction of sp³-hybridized carbons (Fsp3) is 0.846. The van der Waals surface area contributed by atoms with Gasteiger partial charge in [0.1, 0.15) is 12.6 Å². The third-order valence-electron chi connectivity index (χ3n) is 4.52. The van der Waals surface area contributed by atoms with Crippen LogP contribution in [0.5, 0.6) is 0 Å². The van der Waals surface area contributed by atoms with E-state index in [0.717, 1.165) is 19.3 Å². The van der Waals surface area contributed by atoms with Gasteiger partial charge in [-0.3, -0.25) is 14.2 Å². The second kappa shape index (κ2) is 7.41. The number of hydrogen-bond acceptors (Lipinski definition) is 7. The van der Waals surface area contributed by atoms with Gasteiger partial charge in [0.05, 0.1) is 12.1 Å². The van der Waals surface area contributed by atoms with E-state index in [4.69, 9.17) is 14.1 Å². The van der Waals surface area contributed by atoms with E-state index in [2.05, 4.69) is 9.76 Å². The maximum Gasteiger partial charge on any atom is 0.418 e. The molecule has 3 rings (SSSR count). The van der Waals surface area contributed by atoms with Gasteiger partial charge in [-0.15, -0.1) is 4.28 Å². The fourth-order valence-corrected chi connectivity index (χ4v) is 3.71. The highest BCUT2D eigenvalue weighted by Crippen LogP contribution is 2.30. The second-order valence-corrected chi connectivity index (χ2v) is 7.28. The largest absolute Gasteiger partial charge is 0.418 e. The molecular formula is C13H21N3O8S. The Labute approximate surface area is 145 Å². The summed E-state index contributed by atoms with van der Waals surface area (Å²) in [7, 11) is -4.80. The molecule has 11 nitrogen and oxygen atoms in total. The number of carbonyl (C=O) groups is 2. The molecule has 1 unspecified atom stereocenters.